The number of nitrogens with one attached hydrogen (secondary N) is 1. The minimum Gasteiger partial charge on any atom is -0.322 e. The van der Waals surface area contributed by atoms with Gasteiger partial charge in [-0.25, -0.2) is 14.2 Å². The highest BCUT2D eigenvalue weighted by atomic mass is 19.4. The highest BCUT2D eigenvalue weighted by Gasteiger charge is 2.31. The quantitative estimate of drug-likeness (QED) is 0.401. The zero-order valence-corrected chi connectivity index (χ0v) is 17.7. The highest BCUT2D eigenvalue weighted by Crippen LogP contribution is 2.33. The number of pyridine rings is 1. The molecule has 0 spiro atoms. The molecule has 0 unspecified atom stereocenters. The average Bonchev–Trinajstić information content (AvgIpc) is 3.53. The topological polar surface area (TPSA) is 90.0 Å². The lowest BCUT2D eigenvalue weighted by Crippen LogP contribution is -2.14. The molecule has 35 heavy (non-hydrogen) atoms. The van der Waals surface area contributed by atoms with Crippen LogP contribution in [0.3, 0.4) is 0 Å². The molecule has 0 radical (unpaired) electrons. The predicted molar refractivity (Wildman–Crippen MR) is 120 cm³/mol. The molecule has 1 aromatic carbocycles. The van der Waals surface area contributed by atoms with Gasteiger partial charge in [-0.05, 0) is 48.4 Å². The number of nitrogens with zero attached hydrogens (tertiary/aromatic N) is 6. The Morgan fingerprint density at radius 3 is 2.63 bits per heavy atom. The molecule has 0 fully saturated rings. The van der Waals surface area contributed by atoms with E-state index in [0.29, 0.717) is 16.9 Å². The van der Waals surface area contributed by atoms with Crippen molar-refractivity contribution in [2.75, 3.05) is 5.32 Å². The molecule has 11 heteroatoms. The highest BCUT2D eigenvalue weighted by molar-refractivity contribution is 6.04. The van der Waals surface area contributed by atoms with Gasteiger partial charge in [0.15, 0.2) is 5.65 Å². The van der Waals surface area contributed by atoms with Gasteiger partial charge in [-0.15, -0.1) is 0 Å². The molecular formula is C24H14F3N7O. The van der Waals surface area contributed by atoms with Crippen molar-refractivity contribution in [2.24, 2.45) is 0 Å². The van der Waals surface area contributed by atoms with Crippen LogP contribution in [0.25, 0.3) is 11.3 Å². The minimum atomic E-state index is -4.60. The molecule has 0 saturated heterocycles. The van der Waals surface area contributed by atoms with Crippen LogP contribution in [0.2, 0.25) is 0 Å². The van der Waals surface area contributed by atoms with E-state index in [9.17, 15) is 18.0 Å². The van der Waals surface area contributed by atoms with Gasteiger partial charge in [0.25, 0.3) is 5.91 Å². The SMILES string of the molecule is O=C(Nc1cc(-n2cccn2)cc(C(F)(F)F)c1)c1cncc(C#Cc2cnc3cccnn23)c1. The Balaban J connectivity index is 1.41. The number of halogens is 3. The van der Waals surface area contributed by atoms with E-state index in [4.69, 9.17) is 0 Å². The van der Waals surface area contributed by atoms with Crippen molar-refractivity contribution >= 4 is 17.2 Å². The monoisotopic (exact) mass is 473 g/mol. The molecule has 5 aromatic rings. The van der Waals surface area contributed by atoms with Crippen LogP contribution in [-0.4, -0.2) is 35.3 Å². The summed E-state index contributed by atoms with van der Waals surface area (Å²) in [5, 5.41) is 10.6. The van der Waals surface area contributed by atoms with E-state index in [2.05, 4.69) is 37.3 Å². The third-order valence-electron chi connectivity index (χ3n) is 4.89. The first-order valence-corrected chi connectivity index (χ1v) is 10.2. The summed E-state index contributed by atoms with van der Waals surface area (Å²) in [5.74, 6) is 5.19. The molecule has 0 aliphatic rings. The van der Waals surface area contributed by atoms with Crippen LogP contribution in [0.1, 0.15) is 27.2 Å². The molecule has 0 atom stereocenters. The molecule has 172 valence electrons. The predicted octanol–water partition coefficient (Wildman–Crippen LogP) is 3.98. The van der Waals surface area contributed by atoms with Crippen molar-refractivity contribution < 1.29 is 18.0 Å². The number of hydrogen-bond acceptors (Lipinski definition) is 5. The number of carbonyl (C=O) groups excluding carboxylic acids is 1. The lowest BCUT2D eigenvalue weighted by atomic mass is 10.1. The number of carbonyl (C=O) groups is 1. The van der Waals surface area contributed by atoms with Crippen LogP contribution < -0.4 is 5.32 Å². The van der Waals surface area contributed by atoms with E-state index in [1.165, 1.54) is 41.6 Å². The fraction of sp³-hybridized carbons (Fsp3) is 0.0417. The molecule has 4 heterocycles. The van der Waals surface area contributed by atoms with Crippen LogP contribution >= 0.6 is 0 Å². The van der Waals surface area contributed by atoms with Gasteiger partial charge in [-0.1, -0.05) is 5.92 Å². The summed E-state index contributed by atoms with van der Waals surface area (Å²) in [4.78, 5) is 21.0. The standard InChI is InChI=1S/C24H14F3N7O/c25-24(26,27)18-10-19(12-21(11-18)33-8-2-7-30-33)32-23(35)17-9-16(13-28-14-17)4-5-20-15-29-22-3-1-6-31-34(20)22/h1-3,6-15H,(H,32,35). The summed E-state index contributed by atoms with van der Waals surface area (Å²) < 4.78 is 43.1. The number of anilines is 1. The van der Waals surface area contributed by atoms with Gasteiger partial charge in [0.2, 0.25) is 0 Å². The van der Waals surface area contributed by atoms with Crippen LogP contribution in [0, 0.1) is 11.8 Å². The van der Waals surface area contributed by atoms with Crippen molar-refractivity contribution in [3.63, 3.8) is 0 Å². The second-order valence-electron chi connectivity index (χ2n) is 7.32. The second kappa shape index (κ2) is 8.75. The molecule has 0 aliphatic carbocycles. The van der Waals surface area contributed by atoms with Crippen LogP contribution in [-0.2, 0) is 6.18 Å². The van der Waals surface area contributed by atoms with E-state index in [1.807, 2.05) is 0 Å². The maximum absolute atomic E-state index is 13.4. The van der Waals surface area contributed by atoms with Crippen LogP contribution in [0.4, 0.5) is 18.9 Å². The Morgan fingerprint density at radius 2 is 1.83 bits per heavy atom. The van der Waals surface area contributed by atoms with Crippen molar-refractivity contribution in [2.45, 2.75) is 6.18 Å². The molecule has 0 aliphatic heterocycles. The molecule has 1 amide bonds. The first-order chi connectivity index (χ1) is 16.9. The molecule has 5 rings (SSSR count). The Kier molecular flexibility index (Phi) is 5.46. The van der Waals surface area contributed by atoms with Crippen molar-refractivity contribution in [3.05, 3.63) is 102 Å². The van der Waals surface area contributed by atoms with E-state index >= 15 is 0 Å². The molecule has 8 nitrogen and oxygen atoms in total. The average molecular weight is 473 g/mol. The maximum Gasteiger partial charge on any atom is 0.416 e. The summed E-state index contributed by atoms with van der Waals surface area (Å²) in [6.45, 7) is 0. The van der Waals surface area contributed by atoms with Gasteiger partial charge in [0.1, 0.15) is 5.69 Å². The largest absolute Gasteiger partial charge is 0.416 e. The van der Waals surface area contributed by atoms with Crippen molar-refractivity contribution in [1.29, 1.82) is 0 Å². The van der Waals surface area contributed by atoms with E-state index in [0.717, 1.165) is 12.1 Å². The van der Waals surface area contributed by atoms with Gasteiger partial charge < -0.3 is 5.32 Å². The van der Waals surface area contributed by atoms with E-state index < -0.39 is 17.6 Å². The molecule has 0 saturated carbocycles. The fourth-order valence-electron chi connectivity index (χ4n) is 3.29. The normalized spacial score (nSPS) is 11.2. The first kappa shape index (κ1) is 21.8. The Hall–Kier alpha value is -4.98. The summed E-state index contributed by atoms with van der Waals surface area (Å²) in [6, 6.07) is 9.84. The number of benzene rings is 1. The van der Waals surface area contributed by atoms with Gasteiger partial charge >= 0.3 is 6.18 Å². The van der Waals surface area contributed by atoms with Crippen LogP contribution in [0.15, 0.2) is 79.6 Å². The molecule has 1 N–H and O–H groups in total. The third-order valence-corrected chi connectivity index (χ3v) is 4.89. The first-order valence-electron chi connectivity index (χ1n) is 10.2. The van der Waals surface area contributed by atoms with Crippen molar-refractivity contribution in [1.82, 2.24) is 29.4 Å². The van der Waals surface area contributed by atoms with Crippen LogP contribution in [0.5, 0.6) is 0 Å². The maximum atomic E-state index is 13.4. The smallest absolute Gasteiger partial charge is 0.322 e. The lowest BCUT2D eigenvalue weighted by Gasteiger charge is -2.13. The second-order valence-corrected chi connectivity index (χ2v) is 7.32. The fourth-order valence-corrected chi connectivity index (χ4v) is 3.29. The Bertz CT molecular complexity index is 1590. The minimum absolute atomic E-state index is 0.0383. The number of amides is 1. The van der Waals surface area contributed by atoms with Crippen molar-refractivity contribution in [3.8, 4) is 17.5 Å². The summed E-state index contributed by atoms with van der Waals surface area (Å²) >= 11 is 0. The molecular weight excluding hydrogens is 459 g/mol. The number of aromatic nitrogens is 6. The van der Waals surface area contributed by atoms with Gasteiger partial charge in [0, 0.05) is 42.2 Å². The number of hydrogen-bond donors (Lipinski definition) is 1. The van der Waals surface area contributed by atoms with E-state index in [-0.39, 0.29) is 16.9 Å². The number of alkyl halides is 3. The van der Waals surface area contributed by atoms with Gasteiger partial charge in [0.05, 0.1) is 23.0 Å². The number of imidazole rings is 1. The number of fused-ring (bicyclic) bond motifs is 1. The molecule has 0 bridgehead atoms. The van der Waals surface area contributed by atoms with Gasteiger partial charge in [-0.2, -0.15) is 23.4 Å². The number of rotatable bonds is 3. The summed E-state index contributed by atoms with van der Waals surface area (Å²) in [6.07, 6.45) is 4.30. The lowest BCUT2D eigenvalue weighted by molar-refractivity contribution is -0.137. The van der Waals surface area contributed by atoms with Gasteiger partial charge in [-0.3, -0.25) is 9.78 Å². The summed E-state index contributed by atoms with van der Waals surface area (Å²) in [5.41, 5.74) is 0.948. The van der Waals surface area contributed by atoms with E-state index in [1.54, 1.807) is 35.1 Å². The Labute approximate surface area is 196 Å². The summed E-state index contributed by atoms with van der Waals surface area (Å²) in [7, 11) is 0. The zero-order valence-electron chi connectivity index (χ0n) is 17.7. The zero-order chi connectivity index (χ0) is 24.4. The Morgan fingerprint density at radius 1 is 0.971 bits per heavy atom. The third kappa shape index (κ3) is 4.72. The molecule has 4 aromatic heterocycles.